The van der Waals surface area contributed by atoms with Gasteiger partial charge in [-0.1, -0.05) is 19.1 Å². The first-order valence-electron chi connectivity index (χ1n) is 4.64. The zero-order valence-corrected chi connectivity index (χ0v) is 9.34. The van der Waals surface area contributed by atoms with E-state index in [1.165, 1.54) is 0 Å². The number of nitrogens with two attached hydrogens (primary N) is 1. The van der Waals surface area contributed by atoms with Crippen LogP contribution >= 0.6 is 0 Å². The van der Waals surface area contributed by atoms with Gasteiger partial charge < -0.3 is 5.73 Å². The van der Waals surface area contributed by atoms with Crippen molar-refractivity contribution in [1.29, 1.82) is 0 Å². The van der Waals surface area contributed by atoms with Gasteiger partial charge in [-0.3, -0.25) is 4.72 Å². The number of nitrogens with one attached hydrogen (secondary N) is 2. The molecule has 0 bridgehead atoms. The molecular weight excluding hydrogens is 214 g/mol. The lowest BCUT2D eigenvalue weighted by Gasteiger charge is -2.07. The maximum absolute atomic E-state index is 11.3. The molecule has 0 saturated heterocycles. The van der Waals surface area contributed by atoms with Crippen LogP contribution in [-0.2, 0) is 16.8 Å². The van der Waals surface area contributed by atoms with E-state index in [1.54, 1.807) is 31.2 Å². The van der Waals surface area contributed by atoms with E-state index < -0.39 is 10.2 Å². The molecule has 0 spiro atoms. The number of rotatable bonds is 5. The Morgan fingerprint density at radius 3 is 2.33 bits per heavy atom. The molecular formula is C9H15N3O2S. The molecule has 0 aliphatic rings. The first-order valence-corrected chi connectivity index (χ1v) is 6.12. The van der Waals surface area contributed by atoms with E-state index >= 15 is 0 Å². The molecule has 0 atom stereocenters. The molecule has 1 aromatic carbocycles. The van der Waals surface area contributed by atoms with Gasteiger partial charge in [-0.25, -0.2) is 0 Å². The van der Waals surface area contributed by atoms with Crippen molar-refractivity contribution in [3.63, 3.8) is 0 Å². The van der Waals surface area contributed by atoms with E-state index in [0.717, 1.165) is 5.56 Å². The molecule has 84 valence electrons. The fourth-order valence-corrected chi connectivity index (χ4v) is 1.99. The molecule has 5 nitrogen and oxygen atoms in total. The Labute approximate surface area is 89.9 Å². The van der Waals surface area contributed by atoms with Crippen molar-refractivity contribution in [2.75, 3.05) is 11.3 Å². The Bertz CT molecular complexity index is 400. The zero-order valence-electron chi connectivity index (χ0n) is 8.53. The average molecular weight is 229 g/mol. The minimum atomic E-state index is -3.44. The molecule has 15 heavy (non-hydrogen) atoms. The predicted octanol–water partition coefficient (Wildman–Crippen LogP) is 0.411. The summed E-state index contributed by atoms with van der Waals surface area (Å²) in [5.74, 6) is 0. The van der Waals surface area contributed by atoms with Crippen LogP contribution in [0.4, 0.5) is 5.69 Å². The maximum Gasteiger partial charge on any atom is 0.299 e. The van der Waals surface area contributed by atoms with Crippen molar-refractivity contribution in [1.82, 2.24) is 4.72 Å². The zero-order chi connectivity index (χ0) is 11.3. The van der Waals surface area contributed by atoms with E-state index in [9.17, 15) is 8.42 Å². The SMILES string of the molecule is CCNS(=O)(=O)Nc1ccc(CN)cc1. The quantitative estimate of drug-likeness (QED) is 0.683. The lowest BCUT2D eigenvalue weighted by molar-refractivity contribution is 0.589. The second-order valence-electron chi connectivity index (χ2n) is 3.00. The molecule has 4 N–H and O–H groups in total. The summed E-state index contributed by atoms with van der Waals surface area (Å²) in [5.41, 5.74) is 6.90. The third-order valence-corrected chi connectivity index (χ3v) is 2.95. The van der Waals surface area contributed by atoms with Crippen molar-refractivity contribution in [2.24, 2.45) is 5.73 Å². The van der Waals surface area contributed by atoms with Gasteiger partial charge >= 0.3 is 0 Å². The van der Waals surface area contributed by atoms with Crippen LogP contribution in [0.3, 0.4) is 0 Å². The minimum Gasteiger partial charge on any atom is -0.326 e. The summed E-state index contributed by atoms with van der Waals surface area (Å²) in [6, 6.07) is 6.92. The second kappa shape index (κ2) is 5.11. The van der Waals surface area contributed by atoms with Crippen LogP contribution in [0, 0.1) is 0 Å². The Kier molecular flexibility index (Phi) is 4.07. The average Bonchev–Trinajstić information content (AvgIpc) is 2.18. The molecule has 6 heteroatoms. The van der Waals surface area contributed by atoms with Crippen LogP contribution in [0.1, 0.15) is 12.5 Å². The Balaban J connectivity index is 2.73. The maximum atomic E-state index is 11.3. The fourth-order valence-electron chi connectivity index (χ4n) is 1.09. The van der Waals surface area contributed by atoms with E-state index in [0.29, 0.717) is 18.8 Å². The van der Waals surface area contributed by atoms with Gasteiger partial charge in [0.05, 0.1) is 0 Å². The number of hydrogen-bond donors (Lipinski definition) is 3. The van der Waals surface area contributed by atoms with Crippen molar-refractivity contribution >= 4 is 15.9 Å². The topological polar surface area (TPSA) is 84.2 Å². The van der Waals surface area contributed by atoms with Gasteiger partial charge in [0.25, 0.3) is 10.2 Å². The molecule has 0 amide bonds. The molecule has 0 unspecified atom stereocenters. The summed E-state index contributed by atoms with van der Waals surface area (Å²) in [6.07, 6.45) is 0. The molecule has 1 aromatic rings. The second-order valence-corrected chi connectivity index (χ2v) is 4.50. The highest BCUT2D eigenvalue weighted by Gasteiger charge is 2.06. The first-order chi connectivity index (χ1) is 7.07. The molecule has 1 rings (SSSR count). The van der Waals surface area contributed by atoms with Crippen LogP contribution in [0.2, 0.25) is 0 Å². The molecule has 0 aromatic heterocycles. The van der Waals surface area contributed by atoms with Crippen LogP contribution in [0.5, 0.6) is 0 Å². The van der Waals surface area contributed by atoms with Gasteiger partial charge in [-0.15, -0.1) is 0 Å². The Hall–Kier alpha value is -1.11. The summed E-state index contributed by atoms with van der Waals surface area (Å²) in [4.78, 5) is 0. The summed E-state index contributed by atoms with van der Waals surface area (Å²) in [7, 11) is -3.44. The highest BCUT2D eigenvalue weighted by Crippen LogP contribution is 2.10. The fraction of sp³-hybridized carbons (Fsp3) is 0.333. The number of benzene rings is 1. The normalized spacial score (nSPS) is 11.3. The van der Waals surface area contributed by atoms with E-state index in [-0.39, 0.29) is 0 Å². The highest BCUT2D eigenvalue weighted by molar-refractivity contribution is 7.90. The van der Waals surface area contributed by atoms with Gasteiger partial charge in [0, 0.05) is 18.8 Å². The van der Waals surface area contributed by atoms with Gasteiger partial charge in [-0.05, 0) is 17.7 Å². The van der Waals surface area contributed by atoms with Crippen LogP contribution in [0.15, 0.2) is 24.3 Å². The number of anilines is 1. The molecule has 0 heterocycles. The lowest BCUT2D eigenvalue weighted by atomic mass is 10.2. The van der Waals surface area contributed by atoms with Crippen LogP contribution < -0.4 is 15.2 Å². The van der Waals surface area contributed by atoms with Gasteiger partial charge in [0.1, 0.15) is 0 Å². The highest BCUT2D eigenvalue weighted by atomic mass is 32.2. The van der Waals surface area contributed by atoms with Crippen molar-refractivity contribution in [3.8, 4) is 0 Å². The monoisotopic (exact) mass is 229 g/mol. The van der Waals surface area contributed by atoms with Crippen LogP contribution in [-0.4, -0.2) is 15.0 Å². The first kappa shape index (κ1) is 12.0. The standard InChI is InChI=1S/C9H15N3O2S/c1-2-11-15(13,14)12-9-5-3-8(7-10)4-6-9/h3-6,11-12H,2,7,10H2,1H3. The molecule has 0 aliphatic heterocycles. The van der Waals surface area contributed by atoms with Crippen molar-refractivity contribution in [3.05, 3.63) is 29.8 Å². The predicted molar refractivity (Wildman–Crippen MR) is 60.6 cm³/mol. The smallest absolute Gasteiger partial charge is 0.299 e. The molecule has 0 saturated carbocycles. The van der Waals surface area contributed by atoms with E-state index in [1.807, 2.05) is 0 Å². The van der Waals surface area contributed by atoms with Crippen LogP contribution in [0.25, 0.3) is 0 Å². The largest absolute Gasteiger partial charge is 0.326 e. The Morgan fingerprint density at radius 2 is 1.87 bits per heavy atom. The summed E-state index contributed by atoms with van der Waals surface area (Å²) < 4.78 is 27.3. The van der Waals surface area contributed by atoms with Gasteiger partial charge in [-0.2, -0.15) is 13.1 Å². The lowest BCUT2D eigenvalue weighted by Crippen LogP contribution is -2.29. The summed E-state index contributed by atoms with van der Waals surface area (Å²) >= 11 is 0. The van der Waals surface area contributed by atoms with Crippen molar-refractivity contribution in [2.45, 2.75) is 13.5 Å². The molecule has 0 aliphatic carbocycles. The van der Waals surface area contributed by atoms with E-state index in [4.69, 9.17) is 5.73 Å². The summed E-state index contributed by atoms with van der Waals surface area (Å²) in [6.45, 7) is 2.52. The Morgan fingerprint density at radius 1 is 1.27 bits per heavy atom. The number of hydrogen-bond acceptors (Lipinski definition) is 3. The van der Waals surface area contributed by atoms with E-state index in [2.05, 4.69) is 9.44 Å². The molecule has 0 radical (unpaired) electrons. The third-order valence-electron chi connectivity index (χ3n) is 1.78. The van der Waals surface area contributed by atoms with Gasteiger partial charge in [0.15, 0.2) is 0 Å². The summed E-state index contributed by atoms with van der Waals surface area (Å²) in [5, 5.41) is 0. The third kappa shape index (κ3) is 3.86. The minimum absolute atomic E-state index is 0.357. The molecule has 0 fully saturated rings. The van der Waals surface area contributed by atoms with Crippen molar-refractivity contribution < 1.29 is 8.42 Å². The van der Waals surface area contributed by atoms with Gasteiger partial charge in [0.2, 0.25) is 0 Å².